The Morgan fingerprint density at radius 3 is 3.00 bits per heavy atom. The molecular formula is C11H14N4OS2. The van der Waals surface area contributed by atoms with E-state index in [2.05, 4.69) is 20.5 Å². The van der Waals surface area contributed by atoms with Crippen molar-refractivity contribution in [1.82, 2.24) is 20.5 Å². The molecule has 0 spiro atoms. The second-order valence-corrected chi connectivity index (χ2v) is 5.72. The molecule has 0 aliphatic carbocycles. The molecule has 2 N–H and O–H groups in total. The maximum atomic E-state index is 11.8. The Kier molecular flexibility index (Phi) is 4.38. The van der Waals surface area contributed by atoms with Gasteiger partial charge in [0.25, 0.3) is 5.91 Å². The number of rotatable bonds is 5. The summed E-state index contributed by atoms with van der Waals surface area (Å²) in [6.45, 7) is 4.41. The van der Waals surface area contributed by atoms with Crippen molar-refractivity contribution in [2.24, 2.45) is 0 Å². The lowest BCUT2D eigenvalue weighted by Gasteiger charge is -2.02. The fraction of sp³-hybridized carbons (Fsp3) is 0.364. The van der Waals surface area contributed by atoms with E-state index < -0.39 is 0 Å². The smallest absolute Gasteiger partial charge is 0.261 e. The van der Waals surface area contributed by atoms with Crippen molar-refractivity contribution < 1.29 is 4.79 Å². The van der Waals surface area contributed by atoms with Crippen molar-refractivity contribution in [2.75, 3.05) is 12.3 Å². The number of amides is 1. The minimum atomic E-state index is -0.00531. The van der Waals surface area contributed by atoms with Crippen LogP contribution in [0.3, 0.4) is 0 Å². The van der Waals surface area contributed by atoms with E-state index in [-0.39, 0.29) is 5.91 Å². The molecule has 0 saturated heterocycles. The molecule has 0 saturated carbocycles. The van der Waals surface area contributed by atoms with E-state index in [1.165, 1.54) is 23.1 Å². The number of hydrogen-bond donors (Lipinski definition) is 2. The first kappa shape index (κ1) is 13.1. The van der Waals surface area contributed by atoms with E-state index in [1.807, 2.05) is 25.3 Å². The largest absolute Gasteiger partial charge is 0.350 e. The van der Waals surface area contributed by atoms with E-state index in [0.717, 1.165) is 22.0 Å². The second kappa shape index (κ2) is 6.01. The molecule has 0 atom stereocenters. The SMILES string of the molecule is Cc1nc(SCCNC(=O)c2sccc2C)n[nH]1. The second-order valence-electron chi connectivity index (χ2n) is 3.74. The molecule has 1 amide bonds. The van der Waals surface area contributed by atoms with Gasteiger partial charge < -0.3 is 5.32 Å². The zero-order chi connectivity index (χ0) is 13.0. The summed E-state index contributed by atoms with van der Waals surface area (Å²) >= 11 is 2.99. The third kappa shape index (κ3) is 3.33. The number of aromatic nitrogens is 3. The van der Waals surface area contributed by atoms with Crippen LogP contribution >= 0.6 is 23.1 Å². The number of nitrogens with one attached hydrogen (secondary N) is 2. The topological polar surface area (TPSA) is 70.7 Å². The first-order valence-electron chi connectivity index (χ1n) is 5.51. The molecule has 7 heteroatoms. The highest BCUT2D eigenvalue weighted by atomic mass is 32.2. The summed E-state index contributed by atoms with van der Waals surface area (Å²) in [5.41, 5.74) is 1.02. The molecule has 18 heavy (non-hydrogen) atoms. The average Bonchev–Trinajstić information content (AvgIpc) is 2.93. The highest BCUT2D eigenvalue weighted by Gasteiger charge is 2.09. The Bertz CT molecular complexity index is 535. The normalized spacial score (nSPS) is 10.6. The van der Waals surface area contributed by atoms with Crippen molar-refractivity contribution in [1.29, 1.82) is 0 Å². The van der Waals surface area contributed by atoms with Gasteiger partial charge >= 0.3 is 0 Å². The van der Waals surface area contributed by atoms with Crippen molar-refractivity contribution >= 4 is 29.0 Å². The summed E-state index contributed by atoms with van der Waals surface area (Å²) in [7, 11) is 0. The maximum absolute atomic E-state index is 11.8. The van der Waals surface area contributed by atoms with Crippen LogP contribution in [0.15, 0.2) is 16.6 Å². The minimum Gasteiger partial charge on any atom is -0.350 e. The summed E-state index contributed by atoms with van der Waals surface area (Å²) in [4.78, 5) is 16.8. The van der Waals surface area contributed by atoms with Gasteiger partial charge in [0.15, 0.2) is 0 Å². The van der Waals surface area contributed by atoms with Crippen LogP contribution in [0.2, 0.25) is 0 Å². The molecule has 5 nitrogen and oxygen atoms in total. The van der Waals surface area contributed by atoms with Gasteiger partial charge in [0.05, 0.1) is 4.88 Å². The Hall–Kier alpha value is -1.34. The Morgan fingerprint density at radius 2 is 2.39 bits per heavy atom. The molecule has 0 aliphatic rings. The van der Waals surface area contributed by atoms with Crippen LogP contribution in [0.5, 0.6) is 0 Å². The number of carbonyl (C=O) groups excluding carboxylic acids is 1. The van der Waals surface area contributed by atoms with Crippen LogP contribution in [-0.2, 0) is 0 Å². The number of hydrogen-bond acceptors (Lipinski definition) is 5. The van der Waals surface area contributed by atoms with Gasteiger partial charge in [-0.2, -0.15) is 0 Å². The third-order valence-corrected chi connectivity index (χ3v) is 4.13. The predicted molar refractivity (Wildman–Crippen MR) is 73.2 cm³/mol. The quantitative estimate of drug-likeness (QED) is 0.650. The number of H-pyrrole nitrogens is 1. The summed E-state index contributed by atoms with van der Waals surface area (Å²) < 4.78 is 0. The van der Waals surface area contributed by atoms with Gasteiger partial charge in [0, 0.05) is 12.3 Å². The number of carbonyl (C=O) groups is 1. The molecule has 0 aliphatic heterocycles. The molecule has 0 radical (unpaired) electrons. The van der Waals surface area contributed by atoms with Gasteiger partial charge in [-0.05, 0) is 30.9 Å². The fourth-order valence-corrected chi connectivity index (χ4v) is 2.92. The van der Waals surface area contributed by atoms with Crippen LogP contribution in [-0.4, -0.2) is 33.4 Å². The number of aryl methyl sites for hydroxylation is 2. The molecule has 96 valence electrons. The Labute approximate surface area is 113 Å². The lowest BCUT2D eigenvalue weighted by Crippen LogP contribution is -2.25. The maximum Gasteiger partial charge on any atom is 0.261 e. The van der Waals surface area contributed by atoms with Crippen LogP contribution < -0.4 is 5.32 Å². The molecule has 0 unspecified atom stereocenters. The van der Waals surface area contributed by atoms with Crippen molar-refractivity contribution in [3.05, 3.63) is 27.7 Å². The van der Waals surface area contributed by atoms with E-state index >= 15 is 0 Å². The molecule has 0 bridgehead atoms. The molecular weight excluding hydrogens is 268 g/mol. The highest BCUT2D eigenvalue weighted by Crippen LogP contribution is 2.15. The molecule has 0 aromatic carbocycles. The molecule has 2 heterocycles. The summed E-state index contributed by atoms with van der Waals surface area (Å²) in [6.07, 6.45) is 0. The summed E-state index contributed by atoms with van der Waals surface area (Å²) in [5, 5.41) is 12.3. The van der Waals surface area contributed by atoms with Gasteiger partial charge in [0.1, 0.15) is 5.82 Å². The standard InChI is InChI=1S/C11H14N4OS2/c1-7-3-5-17-9(7)10(16)12-4-6-18-11-13-8(2)14-15-11/h3,5H,4,6H2,1-2H3,(H,12,16)(H,13,14,15). The van der Waals surface area contributed by atoms with Gasteiger partial charge in [-0.1, -0.05) is 11.8 Å². The van der Waals surface area contributed by atoms with Gasteiger partial charge in [-0.15, -0.1) is 16.4 Å². The Morgan fingerprint density at radius 1 is 1.56 bits per heavy atom. The third-order valence-electron chi connectivity index (χ3n) is 2.26. The number of nitrogens with zero attached hydrogens (tertiary/aromatic N) is 2. The molecule has 2 aromatic rings. The van der Waals surface area contributed by atoms with Crippen molar-refractivity contribution in [3.8, 4) is 0 Å². The predicted octanol–water partition coefficient (Wildman–Crippen LogP) is 2.01. The number of thiophene rings is 1. The lowest BCUT2D eigenvalue weighted by atomic mass is 10.3. The van der Waals surface area contributed by atoms with Gasteiger partial charge in [-0.3, -0.25) is 9.89 Å². The van der Waals surface area contributed by atoms with Crippen LogP contribution in [0.4, 0.5) is 0 Å². The van der Waals surface area contributed by atoms with Crippen molar-refractivity contribution in [2.45, 2.75) is 19.0 Å². The van der Waals surface area contributed by atoms with Crippen LogP contribution in [0.1, 0.15) is 21.1 Å². The fourth-order valence-electron chi connectivity index (χ4n) is 1.38. The van der Waals surface area contributed by atoms with Gasteiger partial charge in [-0.25, -0.2) is 4.98 Å². The number of thioether (sulfide) groups is 1. The molecule has 2 aromatic heterocycles. The van der Waals surface area contributed by atoms with Gasteiger partial charge in [0.2, 0.25) is 5.16 Å². The first-order valence-corrected chi connectivity index (χ1v) is 7.37. The van der Waals surface area contributed by atoms with Crippen molar-refractivity contribution in [3.63, 3.8) is 0 Å². The lowest BCUT2D eigenvalue weighted by molar-refractivity contribution is 0.0959. The first-order chi connectivity index (χ1) is 8.66. The highest BCUT2D eigenvalue weighted by molar-refractivity contribution is 7.99. The van der Waals surface area contributed by atoms with E-state index in [0.29, 0.717) is 11.7 Å². The van der Waals surface area contributed by atoms with E-state index in [9.17, 15) is 4.79 Å². The number of aromatic amines is 1. The van der Waals surface area contributed by atoms with E-state index in [4.69, 9.17) is 0 Å². The summed E-state index contributed by atoms with van der Waals surface area (Å²) in [5.74, 6) is 1.55. The molecule has 0 fully saturated rings. The monoisotopic (exact) mass is 282 g/mol. The zero-order valence-electron chi connectivity index (χ0n) is 10.2. The average molecular weight is 282 g/mol. The zero-order valence-corrected chi connectivity index (χ0v) is 11.8. The Balaban J connectivity index is 1.73. The van der Waals surface area contributed by atoms with Crippen LogP contribution in [0.25, 0.3) is 0 Å². The van der Waals surface area contributed by atoms with E-state index in [1.54, 1.807) is 0 Å². The minimum absolute atomic E-state index is 0.00531. The van der Waals surface area contributed by atoms with Crippen LogP contribution in [0, 0.1) is 13.8 Å². The summed E-state index contributed by atoms with van der Waals surface area (Å²) in [6, 6.07) is 1.95. The molecule has 2 rings (SSSR count).